The van der Waals surface area contributed by atoms with E-state index in [0.29, 0.717) is 6.61 Å². The first-order valence-electron chi connectivity index (χ1n) is 7.12. The number of hydrogen-bond donors (Lipinski definition) is 1. The average molecular weight is 416 g/mol. The van der Waals surface area contributed by atoms with Crippen LogP contribution < -0.4 is 29.1 Å². The Hall–Kier alpha value is 0.337. The number of rotatable bonds is 9. The quantitative estimate of drug-likeness (QED) is 0.204. The zero-order valence-corrected chi connectivity index (χ0v) is 16.8. The third-order valence-electron chi connectivity index (χ3n) is 3.06. The van der Waals surface area contributed by atoms with Crippen LogP contribution in [0.5, 0.6) is 0 Å². The van der Waals surface area contributed by atoms with Gasteiger partial charge in [0.25, 0.3) is 0 Å². The van der Waals surface area contributed by atoms with E-state index in [0.717, 1.165) is 33.0 Å². The van der Waals surface area contributed by atoms with Crippen LogP contribution in [0.15, 0.2) is 0 Å². The number of carbonyl (C=O) groups excluding carboxylic acids is 1. The summed E-state index contributed by atoms with van der Waals surface area (Å²) in [5.41, 5.74) is 0.957. The molecule has 2 radical (unpaired) electrons. The lowest BCUT2D eigenvalue weighted by Gasteiger charge is -2.29. The van der Waals surface area contributed by atoms with E-state index in [1.54, 1.807) is 0 Å². The largest absolute Gasteiger partial charge is 1.00 e. The van der Waals surface area contributed by atoms with Crippen LogP contribution in [0.3, 0.4) is 0 Å². The number of quaternary nitrogens is 1. The van der Waals surface area contributed by atoms with Crippen molar-refractivity contribution in [2.24, 2.45) is 0 Å². The molecule has 1 N–H and O–H groups in total. The molecule has 0 fully saturated rings. The Balaban J connectivity index is -0.000000508. The van der Waals surface area contributed by atoms with Gasteiger partial charge < -0.3 is 43.5 Å². The molecule has 6 heteroatoms. The number of carboxylic acids is 1. The molecule has 0 aromatic rings. The summed E-state index contributed by atoms with van der Waals surface area (Å²) in [5, 5.41) is 17.8. The number of nitrogens with zero attached hydrogens (tertiary/aromatic N) is 1. The van der Waals surface area contributed by atoms with Crippen molar-refractivity contribution in [1.29, 1.82) is 0 Å². The fourth-order valence-corrected chi connectivity index (χ4v) is 3.12. The first-order valence-corrected chi connectivity index (χ1v) is 8.41. The lowest BCUT2D eigenvalue weighted by atomic mass is 10.3. The van der Waals surface area contributed by atoms with Gasteiger partial charge in [-0.1, -0.05) is 32.7 Å². The second-order valence-electron chi connectivity index (χ2n) is 5.42. The zero-order chi connectivity index (χ0) is 15.3. The van der Waals surface area contributed by atoms with Crippen LogP contribution in [0.2, 0.25) is 11.6 Å². The number of likely N-dealkylation sites (N-methyl/N-ethyl adjacent to an activating group) is 1. The number of carbonyl (C=O) groups is 1. The van der Waals surface area contributed by atoms with Crippen molar-refractivity contribution < 1.29 is 43.5 Å². The molecule has 0 heterocycles. The summed E-state index contributed by atoms with van der Waals surface area (Å²) in [6.07, 6.45) is 3.98. The molecule has 0 unspecified atom stereocenters. The van der Waals surface area contributed by atoms with E-state index < -0.39 is 5.97 Å². The van der Waals surface area contributed by atoms with Gasteiger partial charge in [0, 0.05) is 15.5 Å². The minimum Gasteiger partial charge on any atom is -1.00 e. The third kappa shape index (κ3) is 20.7. The van der Waals surface area contributed by atoms with Crippen molar-refractivity contribution >= 4 is 15.5 Å². The van der Waals surface area contributed by atoms with Gasteiger partial charge in [-0.05, 0) is 18.9 Å². The van der Waals surface area contributed by atoms with Crippen LogP contribution >= 0.6 is 0 Å². The van der Waals surface area contributed by atoms with E-state index in [-0.39, 0.29) is 24.0 Å². The molecule has 0 rings (SSSR count). The van der Waals surface area contributed by atoms with E-state index >= 15 is 0 Å². The molecular weight excluding hydrogens is 385 g/mol. The summed E-state index contributed by atoms with van der Waals surface area (Å²) in [6.45, 7) is 7.96. The van der Waals surface area contributed by atoms with Crippen LogP contribution in [0.4, 0.5) is 0 Å². The Labute approximate surface area is 144 Å². The van der Waals surface area contributed by atoms with E-state index in [2.05, 4.69) is 27.9 Å². The molecule has 0 bridgehead atoms. The molecule has 0 amide bonds. The lowest BCUT2D eigenvalue weighted by molar-refractivity contribution is -0.890. The number of carboxylic acid groups (broad SMARTS) is 1. The number of aliphatic hydroxyl groups excluding tert-OH is 1. The lowest BCUT2D eigenvalue weighted by Crippen LogP contribution is -3.00. The highest BCUT2D eigenvalue weighted by molar-refractivity contribution is 6.37. The maximum Gasteiger partial charge on any atom is 0.102 e. The van der Waals surface area contributed by atoms with Crippen molar-refractivity contribution in [3.63, 3.8) is 0 Å². The smallest absolute Gasteiger partial charge is 0.102 e. The molecular formula is C14H31INO3Si-. The van der Waals surface area contributed by atoms with Gasteiger partial charge in [-0.15, -0.1) is 0 Å². The van der Waals surface area contributed by atoms with Crippen molar-refractivity contribution in [2.75, 3.05) is 33.8 Å². The van der Waals surface area contributed by atoms with Gasteiger partial charge in [-0.2, -0.15) is 0 Å². The predicted molar refractivity (Wildman–Crippen MR) is 79.1 cm³/mol. The Morgan fingerprint density at radius 3 is 2.05 bits per heavy atom. The fourth-order valence-electron chi connectivity index (χ4n) is 1.77. The van der Waals surface area contributed by atoms with Gasteiger partial charge in [0.05, 0.1) is 27.2 Å². The summed E-state index contributed by atoms with van der Waals surface area (Å²) in [7, 11) is 5.55. The van der Waals surface area contributed by atoms with E-state index in [1.165, 1.54) is 31.9 Å². The van der Waals surface area contributed by atoms with Gasteiger partial charge in [0.2, 0.25) is 0 Å². The standard InChI is InChI=1S/C12H28NOSi.C2H4O2.HI/c1-5-12(6-2)15-11-7-8-13(3,4)9-10-14;1-2(3)4;/h12,14H,5-11H2,1-4H3;1H3,(H,3,4);1H/q+1;;/p-2. The van der Waals surface area contributed by atoms with Crippen molar-refractivity contribution in [1.82, 2.24) is 0 Å². The number of aliphatic carboxylic acids is 1. The topological polar surface area (TPSA) is 60.4 Å². The third-order valence-corrected chi connectivity index (χ3v) is 5.10. The summed E-state index contributed by atoms with van der Waals surface area (Å²) in [4.78, 5) is 8.89. The molecule has 0 aromatic carbocycles. The molecule has 20 heavy (non-hydrogen) atoms. The number of hydrogen-bond acceptors (Lipinski definition) is 3. The molecule has 122 valence electrons. The van der Waals surface area contributed by atoms with Crippen LogP contribution in [-0.4, -0.2) is 58.9 Å². The van der Waals surface area contributed by atoms with Gasteiger partial charge in [-0.3, -0.25) is 0 Å². The second-order valence-corrected chi connectivity index (χ2v) is 7.14. The highest BCUT2D eigenvalue weighted by Crippen LogP contribution is 2.15. The van der Waals surface area contributed by atoms with Crippen LogP contribution in [0.1, 0.15) is 40.0 Å². The van der Waals surface area contributed by atoms with Gasteiger partial charge in [-0.25, -0.2) is 0 Å². The van der Waals surface area contributed by atoms with Crippen LogP contribution in [-0.2, 0) is 4.79 Å². The molecule has 0 saturated carbocycles. The van der Waals surface area contributed by atoms with Crippen LogP contribution in [0, 0.1) is 0 Å². The SMILES string of the molecule is CC(=O)[O-].CCC(CC)[Si]CCC[N+](C)(C)CCO.[I-]. The minimum absolute atomic E-state index is 0. The molecule has 0 aliphatic heterocycles. The average Bonchev–Trinajstić information content (AvgIpc) is 2.28. The number of halogens is 1. The summed E-state index contributed by atoms with van der Waals surface area (Å²) >= 11 is 0. The maximum atomic E-state index is 8.91. The van der Waals surface area contributed by atoms with Gasteiger partial charge in [0.15, 0.2) is 0 Å². The predicted octanol–water partition coefficient (Wildman–Crippen LogP) is -2.06. The highest BCUT2D eigenvalue weighted by Gasteiger charge is 2.13. The normalized spacial score (nSPS) is 10.6. The maximum absolute atomic E-state index is 8.91. The van der Waals surface area contributed by atoms with Crippen LogP contribution in [0.25, 0.3) is 0 Å². The van der Waals surface area contributed by atoms with E-state index in [4.69, 9.17) is 15.0 Å². The summed E-state index contributed by atoms with van der Waals surface area (Å²) < 4.78 is 0.962. The Kier molecular flexibility index (Phi) is 19.9. The Morgan fingerprint density at radius 1 is 1.25 bits per heavy atom. The molecule has 0 aromatic heterocycles. The minimum atomic E-state index is -1.08. The summed E-state index contributed by atoms with van der Waals surface area (Å²) in [5.74, 6) is -1.08. The van der Waals surface area contributed by atoms with Crippen molar-refractivity contribution in [2.45, 2.75) is 51.6 Å². The molecule has 0 spiro atoms. The van der Waals surface area contributed by atoms with Crippen molar-refractivity contribution in [3.05, 3.63) is 0 Å². The Bertz CT molecular complexity index is 220. The molecule has 4 nitrogen and oxygen atoms in total. The first-order chi connectivity index (χ1) is 8.79. The zero-order valence-electron chi connectivity index (χ0n) is 13.6. The summed E-state index contributed by atoms with van der Waals surface area (Å²) in [6, 6.07) is 1.37. The van der Waals surface area contributed by atoms with Crippen molar-refractivity contribution in [3.8, 4) is 0 Å². The second kappa shape index (κ2) is 15.7. The van der Waals surface area contributed by atoms with Gasteiger partial charge >= 0.3 is 0 Å². The van der Waals surface area contributed by atoms with Gasteiger partial charge in [0.1, 0.15) is 6.54 Å². The number of aliphatic hydroxyl groups is 1. The first kappa shape index (κ1) is 25.3. The fraction of sp³-hybridized carbons (Fsp3) is 0.929. The molecule has 0 aliphatic carbocycles. The highest BCUT2D eigenvalue weighted by atomic mass is 127. The molecule has 0 saturated heterocycles. The monoisotopic (exact) mass is 416 g/mol. The van der Waals surface area contributed by atoms with E-state index in [1.807, 2.05) is 0 Å². The molecule has 0 aliphatic rings. The molecule has 0 atom stereocenters. The Morgan fingerprint density at radius 2 is 1.70 bits per heavy atom. The van der Waals surface area contributed by atoms with E-state index in [9.17, 15) is 0 Å².